The summed E-state index contributed by atoms with van der Waals surface area (Å²) in [4.78, 5) is 10.0. The second kappa shape index (κ2) is 3.51. The average molecular weight is 144 g/mol. The van der Waals surface area contributed by atoms with Gasteiger partial charge in [-0.1, -0.05) is 0 Å². The molecule has 0 radical (unpaired) electrons. The molecule has 0 aromatic rings. The number of nitrogens with zero attached hydrogens (tertiary/aromatic N) is 2. The van der Waals surface area contributed by atoms with Crippen molar-refractivity contribution in [2.75, 3.05) is 13.1 Å². The summed E-state index contributed by atoms with van der Waals surface area (Å²) in [6.45, 7) is 1.30. The summed E-state index contributed by atoms with van der Waals surface area (Å²) >= 11 is 0. The molecule has 1 aliphatic heterocycles. The second-order valence-electron chi connectivity index (χ2n) is 2.62. The SMILES string of the molecule is O=NN1CCCC(O)CC1. The monoisotopic (exact) mass is 144 g/mol. The smallest absolute Gasteiger partial charge is 0.0558 e. The van der Waals surface area contributed by atoms with E-state index >= 15 is 0 Å². The molecule has 1 saturated heterocycles. The Bertz CT molecular complexity index is 118. The Hall–Kier alpha value is -0.640. The van der Waals surface area contributed by atoms with Crippen LogP contribution >= 0.6 is 0 Å². The van der Waals surface area contributed by atoms with Crippen LogP contribution in [0.25, 0.3) is 0 Å². The Morgan fingerprint density at radius 1 is 1.40 bits per heavy atom. The van der Waals surface area contributed by atoms with E-state index in [0.717, 1.165) is 12.8 Å². The number of rotatable bonds is 1. The van der Waals surface area contributed by atoms with E-state index in [-0.39, 0.29) is 6.10 Å². The highest BCUT2D eigenvalue weighted by Crippen LogP contribution is 2.09. The fraction of sp³-hybridized carbons (Fsp3) is 1.00. The molecule has 0 saturated carbocycles. The molecule has 4 nitrogen and oxygen atoms in total. The van der Waals surface area contributed by atoms with Crippen LogP contribution in [0, 0.1) is 4.91 Å². The third-order valence-electron chi connectivity index (χ3n) is 1.79. The van der Waals surface area contributed by atoms with Crippen LogP contribution < -0.4 is 0 Å². The molecule has 0 aliphatic carbocycles. The van der Waals surface area contributed by atoms with Gasteiger partial charge in [0, 0.05) is 13.1 Å². The van der Waals surface area contributed by atoms with E-state index in [2.05, 4.69) is 5.29 Å². The van der Waals surface area contributed by atoms with Crippen LogP contribution in [0.3, 0.4) is 0 Å². The Morgan fingerprint density at radius 3 is 2.90 bits per heavy atom. The summed E-state index contributed by atoms with van der Waals surface area (Å²) in [6, 6.07) is 0. The van der Waals surface area contributed by atoms with Gasteiger partial charge in [-0.25, -0.2) is 0 Å². The summed E-state index contributed by atoms with van der Waals surface area (Å²) in [5.41, 5.74) is 0. The minimum Gasteiger partial charge on any atom is -0.393 e. The lowest BCUT2D eigenvalue weighted by atomic mass is 10.2. The third kappa shape index (κ3) is 1.95. The average Bonchev–Trinajstić information content (AvgIpc) is 2.14. The molecule has 1 atom stereocenters. The first kappa shape index (κ1) is 7.47. The number of hydrogen-bond donors (Lipinski definition) is 1. The summed E-state index contributed by atoms with van der Waals surface area (Å²) in [7, 11) is 0. The van der Waals surface area contributed by atoms with Crippen molar-refractivity contribution in [3.63, 3.8) is 0 Å². The fourth-order valence-electron chi connectivity index (χ4n) is 1.15. The van der Waals surface area contributed by atoms with Crippen molar-refractivity contribution in [3.8, 4) is 0 Å². The van der Waals surface area contributed by atoms with Crippen molar-refractivity contribution in [1.29, 1.82) is 0 Å². The van der Waals surface area contributed by atoms with Gasteiger partial charge in [0.15, 0.2) is 0 Å². The van der Waals surface area contributed by atoms with Crippen LogP contribution in [0.5, 0.6) is 0 Å². The van der Waals surface area contributed by atoms with Crippen molar-refractivity contribution >= 4 is 0 Å². The number of hydrogen-bond acceptors (Lipinski definition) is 3. The Labute approximate surface area is 59.8 Å². The van der Waals surface area contributed by atoms with Gasteiger partial charge in [-0.15, -0.1) is 4.91 Å². The van der Waals surface area contributed by atoms with Crippen LogP contribution in [-0.2, 0) is 0 Å². The van der Waals surface area contributed by atoms with Gasteiger partial charge in [0.25, 0.3) is 0 Å². The molecule has 1 unspecified atom stereocenters. The molecule has 0 bridgehead atoms. The van der Waals surface area contributed by atoms with Crippen LogP contribution in [-0.4, -0.2) is 29.3 Å². The predicted molar refractivity (Wildman–Crippen MR) is 37.2 cm³/mol. The summed E-state index contributed by atoms with van der Waals surface area (Å²) in [5.74, 6) is 0. The largest absolute Gasteiger partial charge is 0.393 e. The standard InChI is InChI=1S/C6H12N2O2/c9-6-2-1-4-8(7-10)5-3-6/h6,9H,1-5H2. The molecular formula is C6H12N2O2. The van der Waals surface area contributed by atoms with Crippen molar-refractivity contribution in [1.82, 2.24) is 5.01 Å². The highest BCUT2D eigenvalue weighted by atomic mass is 16.3. The topological polar surface area (TPSA) is 52.9 Å². The van der Waals surface area contributed by atoms with Gasteiger partial charge in [0.05, 0.1) is 11.4 Å². The molecule has 4 heteroatoms. The molecule has 1 heterocycles. The first-order valence-corrected chi connectivity index (χ1v) is 3.59. The van der Waals surface area contributed by atoms with Crippen molar-refractivity contribution in [3.05, 3.63) is 4.91 Å². The lowest BCUT2D eigenvalue weighted by molar-refractivity contribution is 0.155. The minimum atomic E-state index is -0.230. The van der Waals surface area contributed by atoms with Crippen LogP contribution in [0.1, 0.15) is 19.3 Å². The van der Waals surface area contributed by atoms with E-state index in [4.69, 9.17) is 5.11 Å². The van der Waals surface area contributed by atoms with Gasteiger partial charge in [-0.3, -0.25) is 5.01 Å². The molecular weight excluding hydrogens is 132 g/mol. The molecule has 1 N–H and O–H groups in total. The van der Waals surface area contributed by atoms with E-state index in [0.29, 0.717) is 19.5 Å². The molecule has 1 rings (SSSR count). The lowest BCUT2D eigenvalue weighted by Gasteiger charge is -2.09. The van der Waals surface area contributed by atoms with Crippen molar-refractivity contribution in [2.24, 2.45) is 5.29 Å². The quantitative estimate of drug-likeness (QED) is 0.546. The van der Waals surface area contributed by atoms with Crippen LogP contribution in [0.2, 0.25) is 0 Å². The first-order valence-electron chi connectivity index (χ1n) is 3.59. The zero-order chi connectivity index (χ0) is 7.40. The summed E-state index contributed by atoms with van der Waals surface area (Å²) < 4.78 is 0. The number of nitroso groups, excluding NO2 is 1. The van der Waals surface area contributed by atoms with Crippen molar-refractivity contribution in [2.45, 2.75) is 25.4 Å². The van der Waals surface area contributed by atoms with Gasteiger partial charge in [-0.05, 0) is 19.3 Å². The number of aliphatic hydroxyl groups is 1. The lowest BCUT2D eigenvalue weighted by Crippen LogP contribution is -2.17. The zero-order valence-corrected chi connectivity index (χ0v) is 5.86. The maximum absolute atomic E-state index is 10.0. The predicted octanol–water partition coefficient (Wildman–Crippen LogP) is 0.515. The van der Waals surface area contributed by atoms with Gasteiger partial charge in [0.2, 0.25) is 0 Å². The maximum atomic E-state index is 10.0. The molecule has 1 fully saturated rings. The number of aliphatic hydroxyl groups excluding tert-OH is 1. The molecule has 10 heavy (non-hydrogen) atoms. The van der Waals surface area contributed by atoms with Crippen molar-refractivity contribution < 1.29 is 5.11 Å². The molecule has 0 aromatic carbocycles. The maximum Gasteiger partial charge on any atom is 0.0558 e. The van der Waals surface area contributed by atoms with Gasteiger partial charge in [-0.2, -0.15) is 0 Å². The Morgan fingerprint density at radius 2 is 2.20 bits per heavy atom. The van der Waals surface area contributed by atoms with E-state index in [1.165, 1.54) is 5.01 Å². The Kier molecular flexibility index (Phi) is 2.62. The first-order chi connectivity index (χ1) is 4.83. The highest BCUT2D eigenvalue weighted by molar-refractivity contribution is 4.65. The van der Waals surface area contributed by atoms with Gasteiger partial charge < -0.3 is 5.11 Å². The Balaban J connectivity index is 2.32. The second-order valence-corrected chi connectivity index (χ2v) is 2.62. The van der Waals surface area contributed by atoms with Gasteiger partial charge in [0.1, 0.15) is 0 Å². The molecule has 0 spiro atoms. The van der Waals surface area contributed by atoms with Crippen LogP contribution in [0.4, 0.5) is 0 Å². The van der Waals surface area contributed by atoms with Gasteiger partial charge >= 0.3 is 0 Å². The zero-order valence-electron chi connectivity index (χ0n) is 5.86. The molecule has 0 aromatic heterocycles. The minimum absolute atomic E-state index is 0.230. The molecule has 1 aliphatic rings. The summed E-state index contributed by atoms with van der Waals surface area (Å²) in [6.07, 6.45) is 2.11. The highest BCUT2D eigenvalue weighted by Gasteiger charge is 2.13. The fourth-order valence-corrected chi connectivity index (χ4v) is 1.15. The van der Waals surface area contributed by atoms with E-state index in [9.17, 15) is 4.91 Å². The molecule has 0 amide bonds. The third-order valence-corrected chi connectivity index (χ3v) is 1.79. The normalized spacial score (nSPS) is 27.7. The molecule has 58 valence electrons. The van der Waals surface area contributed by atoms with E-state index < -0.39 is 0 Å². The van der Waals surface area contributed by atoms with E-state index in [1.54, 1.807) is 0 Å². The van der Waals surface area contributed by atoms with Crippen LogP contribution in [0.15, 0.2) is 5.29 Å². The van der Waals surface area contributed by atoms with E-state index in [1.807, 2.05) is 0 Å². The summed E-state index contributed by atoms with van der Waals surface area (Å²) in [5, 5.41) is 13.4.